The van der Waals surface area contributed by atoms with Crippen molar-refractivity contribution in [3.63, 3.8) is 0 Å². The average Bonchev–Trinajstić information content (AvgIpc) is 2.55. The first-order valence-corrected chi connectivity index (χ1v) is 5.18. The third-order valence-electron chi connectivity index (χ3n) is 2.17. The number of hydrogen-bond donors (Lipinski definition) is 0. The minimum absolute atomic E-state index is 0.0667. The maximum atomic E-state index is 12.4. The number of alkyl halides is 3. The smallest absolute Gasteiger partial charge is 0.383 e. The van der Waals surface area contributed by atoms with Crippen molar-refractivity contribution < 1.29 is 18.0 Å². The van der Waals surface area contributed by atoms with Gasteiger partial charge in [-0.15, -0.1) is 0 Å². The zero-order chi connectivity index (χ0) is 13.9. The Kier molecular flexibility index (Phi) is 4.15. The highest BCUT2D eigenvalue weighted by molar-refractivity contribution is 6.03. The number of hydrogen-bond acceptors (Lipinski definition) is 3. The molecule has 0 saturated heterocycles. The van der Waals surface area contributed by atoms with Crippen LogP contribution in [0.3, 0.4) is 0 Å². The van der Waals surface area contributed by atoms with Crippen molar-refractivity contribution in [2.45, 2.75) is 19.6 Å². The quantitative estimate of drug-likeness (QED) is 0.614. The molecule has 0 atom stereocenters. The highest BCUT2D eigenvalue weighted by Gasteiger charge is 2.30. The van der Waals surface area contributed by atoms with Crippen molar-refractivity contribution in [2.24, 2.45) is 0 Å². The molecule has 1 aromatic heterocycles. The van der Waals surface area contributed by atoms with Gasteiger partial charge in [0.2, 0.25) is 5.78 Å². The lowest BCUT2D eigenvalue weighted by molar-refractivity contribution is -0.141. The van der Waals surface area contributed by atoms with Gasteiger partial charge in [-0.3, -0.25) is 4.79 Å². The summed E-state index contributed by atoms with van der Waals surface area (Å²) in [5, 5.41) is 0. The molecule has 0 unspecified atom stereocenters. The summed E-state index contributed by atoms with van der Waals surface area (Å²) in [7, 11) is 3.42. The Morgan fingerprint density at radius 3 is 2.61 bits per heavy atom. The number of halogens is 3. The number of nitrogens with zero attached hydrogens (tertiary/aromatic N) is 3. The molecular weight excluding hydrogens is 247 g/mol. The fourth-order valence-corrected chi connectivity index (χ4v) is 1.35. The summed E-state index contributed by atoms with van der Waals surface area (Å²) in [6.07, 6.45) is -0.541. The second kappa shape index (κ2) is 5.24. The lowest BCUT2D eigenvalue weighted by atomic mass is 10.3. The third-order valence-corrected chi connectivity index (χ3v) is 2.17. The normalized spacial score (nSPS) is 12.1. The van der Waals surface area contributed by atoms with Gasteiger partial charge in [0.15, 0.2) is 0 Å². The molecule has 7 heteroatoms. The van der Waals surface area contributed by atoms with Crippen LogP contribution in [0.2, 0.25) is 0 Å². The number of rotatable bonds is 4. The molecule has 0 bridgehead atoms. The van der Waals surface area contributed by atoms with Gasteiger partial charge in [0.05, 0.1) is 6.20 Å². The Labute approximate surface area is 103 Å². The van der Waals surface area contributed by atoms with Crippen molar-refractivity contribution in [1.82, 2.24) is 14.5 Å². The Bertz CT molecular complexity index is 461. The van der Waals surface area contributed by atoms with Crippen LogP contribution in [0.5, 0.6) is 0 Å². The van der Waals surface area contributed by atoms with E-state index < -0.39 is 18.5 Å². The summed E-state index contributed by atoms with van der Waals surface area (Å²) in [6.45, 7) is 0.216. The standard InChI is InChI=1S/C11H14F3N3O/c1-8-15-6-9(10(18)4-5-16(2)3)17(8)7-11(12,13)14/h4-6H,7H2,1-3H3/b5-4+. The van der Waals surface area contributed by atoms with Crippen LogP contribution in [0.15, 0.2) is 18.5 Å². The van der Waals surface area contributed by atoms with Gasteiger partial charge in [-0.25, -0.2) is 4.98 Å². The van der Waals surface area contributed by atoms with Crippen LogP contribution in [-0.2, 0) is 6.54 Å². The Morgan fingerprint density at radius 2 is 2.11 bits per heavy atom. The van der Waals surface area contributed by atoms with Crippen LogP contribution in [-0.4, -0.2) is 40.5 Å². The van der Waals surface area contributed by atoms with Gasteiger partial charge in [0.1, 0.15) is 18.1 Å². The number of allylic oxidation sites excluding steroid dienone is 1. The van der Waals surface area contributed by atoms with E-state index in [0.29, 0.717) is 0 Å². The first-order valence-electron chi connectivity index (χ1n) is 5.18. The molecule has 1 rings (SSSR count). The molecular formula is C11H14F3N3O. The summed E-state index contributed by atoms with van der Waals surface area (Å²) >= 11 is 0. The largest absolute Gasteiger partial charge is 0.406 e. The summed E-state index contributed by atoms with van der Waals surface area (Å²) in [5.74, 6) is -0.345. The van der Waals surface area contributed by atoms with E-state index in [1.54, 1.807) is 19.0 Å². The second-order valence-electron chi connectivity index (χ2n) is 4.04. The summed E-state index contributed by atoms with van der Waals surface area (Å²) in [6, 6.07) is 0. The minimum atomic E-state index is -4.38. The molecule has 0 aliphatic rings. The van der Waals surface area contributed by atoms with Crippen molar-refractivity contribution in [2.75, 3.05) is 14.1 Å². The maximum Gasteiger partial charge on any atom is 0.406 e. The molecule has 0 radical (unpaired) electrons. The van der Waals surface area contributed by atoms with E-state index in [2.05, 4.69) is 4.98 Å². The number of ketones is 1. The topological polar surface area (TPSA) is 38.1 Å². The molecule has 100 valence electrons. The van der Waals surface area contributed by atoms with E-state index in [-0.39, 0.29) is 11.5 Å². The van der Waals surface area contributed by atoms with E-state index in [9.17, 15) is 18.0 Å². The molecule has 4 nitrogen and oxygen atoms in total. The number of carbonyl (C=O) groups is 1. The molecule has 0 N–H and O–H groups in total. The minimum Gasteiger partial charge on any atom is -0.383 e. The number of imidazole rings is 1. The lowest BCUT2D eigenvalue weighted by Crippen LogP contribution is -2.21. The Morgan fingerprint density at radius 1 is 1.50 bits per heavy atom. The van der Waals surface area contributed by atoms with Crippen molar-refractivity contribution in [3.05, 3.63) is 30.0 Å². The molecule has 0 spiro atoms. The summed E-state index contributed by atoms with van der Waals surface area (Å²) in [5.41, 5.74) is -0.0667. The highest BCUT2D eigenvalue weighted by atomic mass is 19.4. The molecule has 0 saturated carbocycles. The first kappa shape index (κ1) is 14.3. The highest BCUT2D eigenvalue weighted by Crippen LogP contribution is 2.20. The molecule has 0 aliphatic heterocycles. The SMILES string of the molecule is Cc1ncc(C(=O)/C=C/N(C)C)n1CC(F)(F)F. The molecule has 18 heavy (non-hydrogen) atoms. The van der Waals surface area contributed by atoms with Crippen LogP contribution in [0.25, 0.3) is 0 Å². The molecule has 1 aromatic rings. The van der Waals surface area contributed by atoms with Crippen molar-refractivity contribution in [1.29, 1.82) is 0 Å². The molecule has 0 aliphatic carbocycles. The fourth-order valence-electron chi connectivity index (χ4n) is 1.35. The van der Waals surface area contributed by atoms with E-state index in [4.69, 9.17) is 0 Å². The summed E-state index contributed by atoms with van der Waals surface area (Å²) in [4.78, 5) is 17.1. The van der Waals surface area contributed by atoms with Crippen LogP contribution in [0.1, 0.15) is 16.3 Å². The van der Waals surface area contributed by atoms with Gasteiger partial charge in [-0.05, 0) is 6.92 Å². The fraction of sp³-hybridized carbons (Fsp3) is 0.455. The lowest BCUT2D eigenvalue weighted by Gasteiger charge is -2.11. The molecule has 1 heterocycles. The van der Waals surface area contributed by atoms with Crippen LogP contribution in [0, 0.1) is 6.92 Å². The van der Waals surface area contributed by atoms with Gasteiger partial charge >= 0.3 is 6.18 Å². The average molecular weight is 261 g/mol. The van der Waals surface area contributed by atoms with E-state index in [1.165, 1.54) is 19.2 Å². The molecule has 0 aromatic carbocycles. The van der Waals surface area contributed by atoms with Gasteiger partial charge < -0.3 is 9.47 Å². The summed E-state index contributed by atoms with van der Waals surface area (Å²) < 4.78 is 38.0. The van der Waals surface area contributed by atoms with Gasteiger partial charge in [-0.2, -0.15) is 13.2 Å². The van der Waals surface area contributed by atoms with Crippen LogP contribution < -0.4 is 0 Å². The van der Waals surface area contributed by atoms with E-state index in [0.717, 1.165) is 10.8 Å². The zero-order valence-electron chi connectivity index (χ0n) is 10.3. The monoisotopic (exact) mass is 261 g/mol. The van der Waals surface area contributed by atoms with Gasteiger partial charge in [-0.1, -0.05) is 0 Å². The van der Waals surface area contributed by atoms with Gasteiger partial charge in [0, 0.05) is 26.4 Å². The van der Waals surface area contributed by atoms with E-state index >= 15 is 0 Å². The van der Waals surface area contributed by atoms with Crippen LogP contribution >= 0.6 is 0 Å². The predicted octanol–water partition coefficient (Wildman–Crippen LogP) is 2.01. The van der Waals surface area contributed by atoms with E-state index in [1.807, 2.05) is 0 Å². The number of carbonyl (C=O) groups excluding carboxylic acids is 1. The third kappa shape index (κ3) is 3.90. The number of aryl methyl sites for hydroxylation is 1. The number of aromatic nitrogens is 2. The van der Waals surface area contributed by atoms with Gasteiger partial charge in [0.25, 0.3) is 0 Å². The zero-order valence-corrected chi connectivity index (χ0v) is 10.3. The maximum absolute atomic E-state index is 12.4. The second-order valence-corrected chi connectivity index (χ2v) is 4.04. The first-order chi connectivity index (χ1) is 8.20. The van der Waals surface area contributed by atoms with Crippen molar-refractivity contribution in [3.8, 4) is 0 Å². The van der Waals surface area contributed by atoms with Crippen molar-refractivity contribution >= 4 is 5.78 Å². The Balaban J connectivity index is 3.00. The molecule has 0 amide bonds. The Hall–Kier alpha value is -1.79. The molecule has 0 fully saturated rings. The van der Waals surface area contributed by atoms with Crippen LogP contribution in [0.4, 0.5) is 13.2 Å². The predicted molar refractivity (Wildman–Crippen MR) is 60.2 cm³/mol.